The molecule has 0 bridgehead atoms. The van der Waals surface area contributed by atoms with Crippen molar-refractivity contribution in [3.05, 3.63) is 30.1 Å². The summed E-state index contributed by atoms with van der Waals surface area (Å²) in [5, 5.41) is 15.5. The van der Waals surface area contributed by atoms with Gasteiger partial charge in [-0.25, -0.2) is 4.98 Å². The van der Waals surface area contributed by atoms with E-state index in [4.69, 9.17) is 4.98 Å². The molecule has 1 fully saturated rings. The minimum Gasteiger partial charge on any atom is -0.347 e. The summed E-state index contributed by atoms with van der Waals surface area (Å²) >= 11 is 1.75. The van der Waals surface area contributed by atoms with Gasteiger partial charge in [-0.2, -0.15) is 5.21 Å². The van der Waals surface area contributed by atoms with E-state index in [2.05, 4.69) is 43.7 Å². The Bertz CT molecular complexity index is 674. The molecule has 0 amide bonds. The van der Waals surface area contributed by atoms with Crippen LogP contribution in [0.3, 0.4) is 0 Å². The summed E-state index contributed by atoms with van der Waals surface area (Å²) in [6.45, 7) is 1.97. The van der Waals surface area contributed by atoms with Gasteiger partial charge in [0.25, 0.3) is 0 Å². The van der Waals surface area contributed by atoms with E-state index in [0.29, 0.717) is 5.92 Å². The maximum atomic E-state index is 4.73. The average Bonchev–Trinajstić information content (AvgIpc) is 3.16. The van der Waals surface area contributed by atoms with Crippen LogP contribution in [0.4, 0.5) is 5.13 Å². The fourth-order valence-corrected chi connectivity index (χ4v) is 3.70. The molecule has 0 saturated carbocycles. The lowest BCUT2D eigenvalue weighted by Crippen LogP contribution is -2.34. The molecule has 20 heavy (non-hydrogen) atoms. The number of tetrazole rings is 1. The molecule has 2 aromatic heterocycles. The molecule has 1 atom stereocenters. The highest BCUT2D eigenvalue weighted by Crippen LogP contribution is 2.33. The molecule has 1 unspecified atom stereocenters. The number of piperidine rings is 1. The number of fused-ring (bicyclic) bond motifs is 1. The molecule has 0 spiro atoms. The van der Waals surface area contributed by atoms with Crippen molar-refractivity contribution in [1.29, 1.82) is 0 Å². The van der Waals surface area contributed by atoms with Gasteiger partial charge in [-0.05, 0) is 25.0 Å². The van der Waals surface area contributed by atoms with Crippen molar-refractivity contribution in [3.63, 3.8) is 0 Å². The van der Waals surface area contributed by atoms with E-state index < -0.39 is 0 Å². The van der Waals surface area contributed by atoms with Crippen LogP contribution >= 0.6 is 11.3 Å². The molecule has 0 radical (unpaired) electrons. The Balaban J connectivity index is 1.61. The topological polar surface area (TPSA) is 70.6 Å². The van der Waals surface area contributed by atoms with Crippen LogP contribution in [0.15, 0.2) is 24.3 Å². The Morgan fingerprint density at radius 3 is 3.10 bits per heavy atom. The van der Waals surface area contributed by atoms with Crippen LogP contribution < -0.4 is 4.90 Å². The second-order valence-electron chi connectivity index (χ2n) is 5.02. The zero-order chi connectivity index (χ0) is 13.4. The fraction of sp³-hybridized carbons (Fsp3) is 0.385. The van der Waals surface area contributed by atoms with E-state index >= 15 is 0 Å². The molecule has 3 aromatic rings. The molecular weight excluding hydrogens is 272 g/mol. The second kappa shape index (κ2) is 4.82. The van der Waals surface area contributed by atoms with Crippen molar-refractivity contribution in [2.24, 2.45) is 0 Å². The third-order valence-electron chi connectivity index (χ3n) is 3.70. The van der Waals surface area contributed by atoms with Crippen LogP contribution in [0.5, 0.6) is 0 Å². The third kappa shape index (κ3) is 2.03. The molecule has 102 valence electrons. The lowest BCUT2D eigenvalue weighted by atomic mass is 9.98. The van der Waals surface area contributed by atoms with Gasteiger partial charge in [0, 0.05) is 19.0 Å². The second-order valence-corrected chi connectivity index (χ2v) is 6.03. The first-order chi connectivity index (χ1) is 9.90. The van der Waals surface area contributed by atoms with E-state index in [9.17, 15) is 0 Å². The third-order valence-corrected chi connectivity index (χ3v) is 4.80. The quantitative estimate of drug-likeness (QED) is 0.782. The molecule has 0 aliphatic carbocycles. The fourth-order valence-electron chi connectivity index (χ4n) is 2.70. The summed E-state index contributed by atoms with van der Waals surface area (Å²) in [6.07, 6.45) is 2.25. The number of thiazole rings is 1. The van der Waals surface area contributed by atoms with Gasteiger partial charge in [0.2, 0.25) is 0 Å². The minimum atomic E-state index is 0.342. The highest BCUT2D eigenvalue weighted by molar-refractivity contribution is 7.22. The smallest absolute Gasteiger partial charge is 0.186 e. The number of rotatable bonds is 2. The SMILES string of the molecule is c1ccc2sc(N3CCCC(c4nn[nH]n4)C3)nc2c1. The van der Waals surface area contributed by atoms with Crippen LogP contribution in [0.25, 0.3) is 10.2 Å². The summed E-state index contributed by atoms with van der Waals surface area (Å²) in [6, 6.07) is 8.28. The van der Waals surface area contributed by atoms with Crippen LogP contribution in [0.1, 0.15) is 24.6 Å². The number of nitrogens with one attached hydrogen (secondary N) is 1. The first kappa shape index (κ1) is 11.8. The van der Waals surface area contributed by atoms with E-state index in [1.807, 2.05) is 6.07 Å². The van der Waals surface area contributed by atoms with Crippen molar-refractivity contribution >= 4 is 26.7 Å². The predicted octanol–water partition coefficient (Wildman–Crippen LogP) is 2.19. The van der Waals surface area contributed by atoms with E-state index in [1.54, 1.807) is 11.3 Å². The minimum absolute atomic E-state index is 0.342. The first-order valence-electron chi connectivity index (χ1n) is 6.74. The largest absolute Gasteiger partial charge is 0.347 e. The Kier molecular flexibility index (Phi) is 2.84. The molecule has 1 aliphatic heterocycles. The van der Waals surface area contributed by atoms with Crippen molar-refractivity contribution in [1.82, 2.24) is 25.6 Å². The maximum absolute atomic E-state index is 4.73. The van der Waals surface area contributed by atoms with Crippen molar-refractivity contribution < 1.29 is 0 Å². The van der Waals surface area contributed by atoms with Crippen molar-refractivity contribution in [3.8, 4) is 0 Å². The van der Waals surface area contributed by atoms with Crippen LogP contribution in [-0.4, -0.2) is 38.7 Å². The maximum Gasteiger partial charge on any atom is 0.186 e. The molecule has 6 nitrogen and oxygen atoms in total. The summed E-state index contributed by atoms with van der Waals surface area (Å²) in [7, 11) is 0. The zero-order valence-electron chi connectivity index (χ0n) is 10.9. The molecule has 4 rings (SSSR count). The monoisotopic (exact) mass is 286 g/mol. The molecule has 1 N–H and O–H groups in total. The number of para-hydroxylation sites is 1. The van der Waals surface area contributed by atoms with Crippen LogP contribution in [0, 0.1) is 0 Å². The van der Waals surface area contributed by atoms with Gasteiger partial charge in [0.15, 0.2) is 11.0 Å². The summed E-state index contributed by atoms with van der Waals surface area (Å²) < 4.78 is 1.24. The van der Waals surface area contributed by atoms with Gasteiger partial charge in [0.05, 0.1) is 10.2 Å². The Labute approximate surface area is 119 Å². The van der Waals surface area contributed by atoms with Crippen molar-refractivity contribution in [2.75, 3.05) is 18.0 Å². The first-order valence-corrected chi connectivity index (χ1v) is 7.55. The standard InChI is InChI=1S/C13H14N6S/c1-2-6-11-10(5-1)14-13(20-11)19-7-3-4-9(8-19)12-15-17-18-16-12/h1-2,5-6,9H,3-4,7-8H2,(H,15,16,17,18). The number of aromatic amines is 1. The number of hydrogen-bond acceptors (Lipinski definition) is 6. The summed E-state index contributed by atoms with van der Waals surface area (Å²) in [4.78, 5) is 7.07. The van der Waals surface area contributed by atoms with Gasteiger partial charge in [-0.3, -0.25) is 0 Å². The summed E-state index contributed by atoms with van der Waals surface area (Å²) in [5.74, 6) is 1.16. The number of nitrogens with zero attached hydrogens (tertiary/aromatic N) is 5. The number of benzene rings is 1. The Morgan fingerprint density at radius 1 is 1.30 bits per heavy atom. The highest BCUT2D eigenvalue weighted by atomic mass is 32.1. The van der Waals surface area contributed by atoms with Crippen LogP contribution in [-0.2, 0) is 0 Å². The Morgan fingerprint density at radius 2 is 2.25 bits per heavy atom. The van der Waals surface area contributed by atoms with Gasteiger partial charge in [-0.15, -0.1) is 10.2 Å². The number of hydrogen-bond donors (Lipinski definition) is 1. The molecular formula is C13H14N6S. The number of aromatic nitrogens is 5. The lowest BCUT2D eigenvalue weighted by molar-refractivity contribution is 0.491. The van der Waals surface area contributed by atoms with Crippen LogP contribution in [0.2, 0.25) is 0 Å². The average molecular weight is 286 g/mol. The van der Waals surface area contributed by atoms with E-state index in [-0.39, 0.29) is 0 Å². The van der Waals surface area contributed by atoms with Gasteiger partial charge in [0.1, 0.15) is 0 Å². The van der Waals surface area contributed by atoms with Gasteiger partial charge in [-0.1, -0.05) is 28.7 Å². The molecule has 1 aliphatic rings. The van der Waals surface area contributed by atoms with Crippen molar-refractivity contribution in [2.45, 2.75) is 18.8 Å². The zero-order valence-corrected chi connectivity index (χ0v) is 11.7. The number of H-pyrrole nitrogens is 1. The summed E-state index contributed by atoms with van der Waals surface area (Å²) in [5.41, 5.74) is 1.08. The Hall–Kier alpha value is -2.02. The lowest BCUT2D eigenvalue weighted by Gasteiger charge is -2.30. The molecule has 1 saturated heterocycles. The van der Waals surface area contributed by atoms with E-state index in [0.717, 1.165) is 42.4 Å². The molecule has 1 aromatic carbocycles. The van der Waals surface area contributed by atoms with Gasteiger partial charge < -0.3 is 4.90 Å². The number of anilines is 1. The van der Waals surface area contributed by atoms with E-state index in [1.165, 1.54) is 4.70 Å². The highest BCUT2D eigenvalue weighted by Gasteiger charge is 2.26. The molecule has 3 heterocycles. The normalized spacial score (nSPS) is 19.6. The molecule has 7 heteroatoms. The predicted molar refractivity (Wildman–Crippen MR) is 78.0 cm³/mol. The van der Waals surface area contributed by atoms with Gasteiger partial charge >= 0.3 is 0 Å².